The van der Waals surface area contributed by atoms with Gasteiger partial charge in [0.05, 0.1) is 23.0 Å². The van der Waals surface area contributed by atoms with E-state index in [1.807, 2.05) is 37.3 Å². The summed E-state index contributed by atoms with van der Waals surface area (Å²) in [6.45, 7) is 3.63. The summed E-state index contributed by atoms with van der Waals surface area (Å²) in [4.78, 5) is 16.7. The average Bonchev–Trinajstić information content (AvgIpc) is 2.78. The van der Waals surface area contributed by atoms with Gasteiger partial charge in [-0.2, -0.15) is 0 Å². The molecule has 20 heavy (non-hydrogen) atoms. The first-order valence-corrected chi connectivity index (χ1v) is 6.36. The molecule has 0 aliphatic rings. The van der Waals surface area contributed by atoms with E-state index in [2.05, 4.69) is 10.3 Å². The zero-order valence-electron chi connectivity index (χ0n) is 11.3. The van der Waals surface area contributed by atoms with Gasteiger partial charge in [0.1, 0.15) is 5.76 Å². The summed E-state index contributed by atoms with van der Waals surface area (Å²) in [7, 11) is 0. The number of anilines is 1. The molecule has 0 fully saturated rings. The second-order valence-corrected chi connectivity index (χ2v) is 4.68. The Morgan fingerprint density at radius 3 is 2.75 bits per heavy atom. The number of carbonyl (C=O) groups excluding carboxylic acids is 1. The minimum absolute atomic E-state index is 0.174. The van der Waals surface area contributed by atoms with Gasteiger partial charge in [-0.1, -0.05) is 18.2 Å². The molecule has 0 spiro atoms. The standard InChI is InChI=1S/C16H14N2O2/c1-10-9-20-11(2)14(10)16(19)18-13-7-3-5-12-6-4-8-17-15(12)13/h3-9H,1-2H3,(H,18,19). The summed E-state index contributed by atoms with van der Waals surface area (Å²) in [5.41, 5.74) is 2.89. The van der Waals surface area contributed by atoms with Crippen LogP contribution >= 0.6 is 0 Å². The number of pyridine rings is 1. The van der Waals surface area contributed by atoms with Crippen molar-refractivity contribution in [2.45, 2.75) is 13.8 Å². The minimum Gasteiger partial charge on any atom is -0.469 e. The van der Waals surface area contributed by atoms with Crippen LogP contribution in [0.15, 0.2) is 47.2 Å². The monoisotopic (exact) mass is 266 g/mol. The van der Waals surface area contributed by atoms with E-state index in [0.29, 0.717) is 17.0 Å². The highest BCUT2D eigenvalue weighted by molar-refractivity contribution is 6.09. The van der Waals surface area contributed by atoms with Crippen molar-refractivity contribution in [3.63, 3.8) is 0 Å². The average molecular weight is 266 g/mol. The Morgan fingerprint density at radius 2 is 2.00 bits per heavy atom. The third-order valence-electron chi connectivity index (χ3n) is 3.27. The van der Waals surface area contributed by atoms with Crippen molar-refractivity contribution in [1.82, 2.24) is 4.98 Å². The zero-order chi connectivity index (χ0) is 14.1. The van der Waals surface area contributed by atoms with E-state index < -0.39 is 0 Å². The number of hydrogen-bond acceptors (Lipinski definition) is 3. The third kappa shape index (κ3) is 2.05. The van der Waals surface area contributed by atoms with Crippen molar-refractivity contribution in [2.24, 2.45) is 0 Å². The molecule has 0 bridgehead atoms. The van der Waals surface area contributed by atoms with Crippen LogP contribution in [-0.4, -0.2) is 10.9 Å². The van der Waals surface area contributed by atoms with Gasteiger partial charge in [-0.15, -0.1) is 0 Å². The largest absolute Gasteiger partial charge is 0.469 e. The Hall–Kier alpha value is -2.62. The smallest absolute Gasteiger partial charge is 0.259 e. The maximum atomic E-state index is 12.4. The number of fused-ring (bicyclic) bond motifs is 1. The molecular formula is C16H14N2O2. The van der Waals surface area contributed by atoms with E-state index in [4.69, 9.17) is 4.42 Å². The number of furan rings is 1. The van der Waals surface area contributed by atoms with Crippen molar-refractivity contribution >= 4 is 22.5 Å². The van der Waals surface area contributed by atoms with Crippen molar-refractivity contribution in [3.8, 4) is 0 Å². The van der Waals surface area contributed by atoms with Crippen LogP contribution in [0.1, 0.15) is 21.7 Å². The molecule has 1 N–H and O–H groups in total. The van der Waals surface area contributed by atoms with Crippen molar-refractivity contribution in [2.75, 3.05) is 5.32 Å². The van der Waals surface area contributed by atoms with Gasteiger partial charge in [-0.05, 0) is 26.0 Å². The van der Waals surface area contributed by atoms with E-state index in [0.717, 1.165) is 16.5 Å². The number of aryl methyl sites for hydroxylation is 2. The molecule has 0 saturated carbocycles. The van der Waals surface area contributed by atoms with Crippen LogP contribution in [0.25, 0.3) is 10.9 Å². The second kappa shape index (κ2) is 4.81. The van der Waals surface area contributed by atoms with E-state index >= 15 is 0 Å². The van der Waals surface area contributed by atoms with Gasteiger partial charge in [0, 0.05) is 17.1 Å². The topological polar surface area (TPSA) is 55.1 Å². The van der Waals surface area contributed by atoms with E-state index in [1.165, 1.54) is 0 Å². The number of hydrogen-bond donors (Lipinski definition) is 1. The number of carbonyl (C=O) groups is 1. The molecule has 4 heteroatoms. The molecule has 0 aliphatic heterocycles. The van der Waals surface area contributed by atoms with Crippen LogP contribution < -0.4 is 5.32 Å². The Morgan fingerprint density at radius 1 is 1.20 bits per heavy atom. The first-order chi connectivity index (χ1) is 9.66. The Kier molecular flexibility index (Phi) is 2.99. The number of nitrogens with one attached hydrogen (secondary N) is 1. The number of nitrogens with zero attached hydrogens (tertiary/aromatic N) is 1. The molecule has 3 rings (SSSR count). The lowest BCUT2D eigenvalue weighted by atomic mass is 10.1. The normalized spacial score (nSPS) is 10.7. The number of aromatic nitrogens is 1. The third-order valence-corrected chi connectivity index (χ3v) is 3.27. The van der Waals surface area contributed by atoms with Gasteiger partial charge in [0.25, 0.3) is 5.91 Å². The lowest BCUT2D eigenvalue weighted by Gasteiger charge is -2.08. The van der Waals surface area contributed by atoms with Gasteiger partial charge in [-0.3, -0.25) is 9.78 Å². The van der Waals surface area contributed by atoms with Gasteiger partial charge in [0.2, 0.25) is 0 Å². The van der Waals surface area contributed by atoms with Gasteiger partial charge in [0.15, 0.2) is 0 Å². The highest BCUT2D eigenvalue weighted by Gasteiger charge is 2.16. The number of amides is 1. The molecule has 2 aromatic heterocycles. The predicted octanol–water partition coefficient (Wildman–Crippen LogP) is 3.70. The first kappa shape index (κ1) is 12.4. The minimum atomic E-state index is -0.174. The molecule has 4 nitrogen and oxygen atoms in total. The van der Waals surface area contributed by atoms with Crippen LogP contribution in [0, 0.1) is 13.8 Å². The summed E-state index contributed by atoms with van der Waals surface area (Å²) in [6, 6.07) is 9.55. The molecule has 100 valence electrons. The maximum Gasteiger partial charge on any atom is 0.259 e. The molecule has 1 amide bonds. The Bertz CT molecular complexity index is 765. The summed E-state index contributed by atoms with van der Waals surface area (Å²) in [5, 5.41) is 3.90. The van der Waals surface area contributed by atoms with E-state index in [9.17, 15) is 4.79 Å². The zero-order valence-corrected chi connectivity index (χ0v) is 11.3. The summed E-state index contributed by atoms with van der Waals surface area (Å²) >= 11 is 0. The fourth-order valence-electron chi connectivity index (χ4n) is 2.30. The molecule has 0 atom stereocenters. The lowest BCUT2D eigenvalue weighted by Crippen LogP contribution is -2.13. The molecule has 0 radical (unpaired) electrons. The summed E-state index contributed by atoms with van der Waals surface area (Å²) in [5.74, 6) is 0.445. The van der Waals surface area contributed by atoms with Crippen LogP contribution in [0.3, 0.4) is 0 Å². The molecule has 0 aliphatic carbocycles. The number of rotatable bonds is 2. The second-order valence-electron chi connectivity index (χ2n) is 4.68. The SMILES string of the molecule is Cc1coc(C)c1C(=O)Nc1cccc2cccnc12. The summed E-state index contributed by atoms with van der Waals surface area (Å²) in [6.07, 6.45) is 3.30. The molecule has 2 heterocycles. The quantitative estimate of drug-likeness (QED) is 0.769. The number of para-hydroxylation sites is 1. The van der Waals surface area contributed by atoms with Crippen molar-refractivity contribution in [3.05, 3.63) is 59.7 Å². The summed E-state index contributed by atoms with van der Waals surface area (Å²) < 4.78 is 5.27. The lowest BCUT2D eigenvalue weighted by molar-refractivity contribution is 0.102. The fourth-order valence-corrected chi connectivity index (χ4v) is 2.30. The van der Waals surface area contributed by atoms with E-state index in [1.54, 1.807) is 19.4 Å². The van der Waals surface area contributed by atoms with Gasteiger partial charge in [-0.25, -0.2) is 0 Å². The van der Waals surface area contributed by atoms with Gasteiger partial charge >= 0.3 is 0 Å². The highest BCUT2D eigenvalue weighted by atomic mass is 16.3. The molecule has 0 unspecified atom stereocenters. The molecular weight excluding hydrogens is 252 g/mol. The number of benzene rings is 1. The van der Waals surface area contributed by atoms with Crippen molar-refractivity contribution < 1.29 is 9.21 Å². The Labute approximate surface area is 116 Å². The molecule has 1 aromatic carbocycles. The fraction of sp³-hybridized carbons (Fsp3) is 0.125. The van der Waals surface area contributed by atoms with Crippen LogP contribution in [-0.2, 0) is 0 Å². The van der Waals surface area contributed by atoms with Crippen LogP contribution in [0.5, 0.6) is 0 Å². The van der Waals surface area contributed by atoms with Crippen molar-refractivity contribution in [1.29, 1.82) is 0 Å². The van der Waals surface area contributed by atoms with Gasteiger partial charge < -0.3 is 9.73 Å². The first-order valence-electron chi connectivity index (χ1n) is 6.36. The Balaban J connectivity index is 2.00. The van der Waals surface area contributed by atoms with Crippen LogP contribution in [0.2, 0.25) is 0 Å². The van der Waals surface area contributed by atoms with E-state index in [-0.39, 0.29) is 5.91 Å². The molecule has 3 aromatic rings. The maximum absolute atomic E-state index is 12.4. The van der Waals surface area contributed by atoms with Crippen LogP contribution in [0.4, 0.5) is 5.69 Å². The molecule has 0 saturated heterocycles. The predicted molar refractivity (Wildman–Crippen MR) is 77.9 cm³/mol. The highest BCUT2D eigenvalue weighted by Crippen LogP contribution is 2.23.